The predicted octanol–water partition coefficient (Wildman–Crippen LogP) is 4.26. The molecule has 0 spiro atoms. The molecule has 0 bridgehead atoms. The molecular formula is C17H26O2Si. The Kier molecular flexibility index (Phi) is 5.58. The van der Waals surface area contributed by atoms with Crippen molar-refractivity contribution in [3.05, 3.63) is 47.5 Å². The number of hydrogen-bond donors (Lipinski definition) is 0. The average molecular weight is 290 g/mol. The normalized spacial score (nSPS) is 19.8. The van der Waals surface area contributed by atoms with E-state index in [1.54, 1.807) is 5.57 Å². The van der Waals surface area contributed by atoms with Crippen LogP contribution in [0.5, 0.6) is 0 Å². The van der Waals surface area contributed by atoms with Gasteiger partial charge in [0.1, 0.15) is 0 Å². The van der Waals surface area contributed by atoms with E-state index in [9.17, 15) is 0 Å². The molecular weight excluding hydrogens is 264 g/mol. The molecule has 3 heteroatoms. The van der Waals surface area contributed by atoms with Crippen molar-refractivity contribution in [2.45, 2.75) is 44.8 Å². The van der Waals surface area contributed by atoms with Gasteiger partial charge in [0.2, 0.25) is 0 Å². The molecule has 0 saturated carbocycles. The van der Waals surface area contributed by atoms with Crippen LogP contribution in [0.2, 0.25) is 25.7 Å². The summed E-state index contributed by atoms with van der Waals surface area (Å²) in [5, 5.41) is 0. The molecule has 1 aromatic rings. The fourth-order valence-electron chi connectivity index (χ4n) is 2.55. The summed E-state index contributed by atoms with van der Waals surface area (Å²) in [6.45, 7) is 9.38. The fraction of sp³-hybridized carbons (Fsp3) is 0.529. The van der Waals surface area contributed by atoms with Crippen molar-refractivity contribution in [1.82, 2.24) is 0 Å². The second kappa shape index (κ2) is 7.20. The SMILES string of the molecule is C[Si](C)(C)CC1=CCOC(COCc2ccccc2)C1. The van der Waals surface area contributed by atoms with Crippen molar-refractivity contribution in [3.8, 4) is 0 Å². The van der Waals surface area contributed by atoms with Crippen LogP contribution in [0, 0.1) is 0 Å². The van der Waals surface area contributed by atoms with Gasteiger partial charge in [0.05, 0.1) is 25.9 Å². The first-order chi connectivity index (χ1) is 9.53. The molecule has 0 fully saturated rings. The number of hydrogen-bond acceptors (Lipinski definition) is 2. The van der Waals surface area contributed by atoms with Gasteiger partial charge < -0.3 is 9.47 Å². The van der Waals surface area contributed by atoms with Gasteiger partial charge in [-0.15, -0.1) is 0 Å². The van der Waals surface area contributed by atoms with Gasteiger partial charge in [0.25, 0.3) is 0 Å². The third-order valence-electron chi connectivity index (χ3n) is 3.37. The maximum absolute atomic E-state index is 5.80. The number of rotatable bonds is 6. The minimum atomic E-state index is -1.02. The molecule has 0 aliphatic carbocycles. The van der Waals surface area contributed by atoms with Gasteiger partial charge in [-0.2, -0.15) is 0 Å². The smallest absolute Gasteiger partial charge is 0.0849 e. The van der Waals surface area contributed by atoms with Gasteiger partial charge in [-0.25, -0.2) is 0 Å². The standard InChI is InChI=1S/C17H26O2Si/c1-20(2,3)14-16-9-10-19-17(11-16)13-18-12-15-7-5-4-6-8-15/h4-9,17H,10-14H2,1-3H3. The van der Waals surface area contributed by atoms with Crippen molar-refractivity contribution < 1.29 is 9.47 Å². The first-order valence-electron chi connectivity index (χ1n) is 7.44. The van der Waals surface area contributed by atoms with E-state index in [1.807, 2.05) is 18.2 Å². The van der Waals surface area contributed by atoms with Crippen LogP contribution in [-0.2, 0) is 16.1 Å². The molecule has 2 nitrogen and oxygen atoms in total. The maximum Gasteiger partial charge on any atom is 0.0849 e. The minimum Gasteiger partial charge on any atom is -0.374 e. The lowest BCUT2D eigenvalue weighted by Gasteiger charge is -2.26. The van der Waals surface area contributed by atoms with Crippen molar-refractivity contribution in [2.75, 3.05) is 13.2 Å². The molecule has 1 aliphatic heterocycles. The molecule has 110 valence electrons. The third-order valence-corrected chi connectivity index (χ3v) is 4.88. The van der Waals surface area contributed by atoms with E-state index in [2.05, 4.69) is 37.8 Å². The van der Waals surface area contributed by atoms with Gasteiger partial charge in [-0.3, -0.25) is 0 Å². The van der Waals surface area contributed by atoms with Crippen LogP contribution in [-0.4, -0.2) is 27.4 Å². The van der Waals surface area contributed by atoms with E-state index in [4.69, 9.17) is 9.47 Å². The Morgan fingerprint density at radius 3 is 2.65 bits per heavy atom. The quantitative estimate of drug-likeness (QED) is 0.576. The Morgan fingerprint density at radius 1 is 1.20 bits per heavy atom. The maximum atomic E-state index is 5.80. The minimum absolute atomic E-state index is 0.232. The Hall–Kier alpha value is -0.903. The highest BCUT2D eigenvalue weighted by molar-refractivity contribution is 6.76. The van der Waals surface area contributed by atoms with Gasteiger partial charge in [0, 0.05) is 8.07 Å². The summed E-state index contributed by atoms with van der Waals surface area (Å²) in [7, 11) is -1.02. The lowest BCUT2D eigenvalue weighted by atomic mass is 10.1. The summed E-state index contributed by atoms with van der Waals surface area (Å²) in [5.74, 6) is 0. The lowest BCUT2D eigenvalue weighted by Crippen LogP contribution is -2.28. The van der Waals surface area contributed by atoms with E-state index in [0.717, 1.165) is 13.0 Å². The summed E-state index contributed by atoms with van der Waals surface area (Å²) >= 11 is 0. The van der Waals surface area contributed by atoms with Crippen molar-refractivity contribution >= 4 is 8.07 Å². The zero-order valence-electron chi connectivity index (χ0n) is 12.9. The van der Waals surface area contributed by atoms with Crippen LogP contribution < -0.4 is 0 Å². The van der Waals surface area contributed by atoms with Gasteiger partial charge >= 0.3 is 0 Å². The molecule has 1 heterocycles. The lowest BCUT2D eigenvalue weighted by molar-refractivity contribution is -0.0164. The fourth-order valence-corrected chi connectivity index (χ4v) is 4.20. The number of ether oxygens (including phenoxy) is 2. The van der Waals surface area contributed by atoms with Crippen molar-refractivity contribution in [2.24, 2.45) is 0 Å². The third kappa shape index (κ3) is 5.61. The van der Waals surface area contributed by atoms with Crippen LogP contribution in [0.3, 0.4) is 0 Å². The summed E-state index contributed by atoms with van der Waals surface area (Å²) in [5.41, 5.74) is 2.80. The van der Waals surface area contributed by atoms with E-state index >= 15 is 0 Å². The highest BCUT2D eigenvalue weighted by atomic mass is 28.3. The van der Waals surface area contributed by atoms with Gasteiger partial charge in [-0.05, 0) is 18.0 Å². The molecule has 0 saturated heterocycles. The van der Waals surface area contributed by atoms with Gasteiger partial charge in [-0.1, -0.05) is 61.6 Å². The Morgan fingerprint density at radius 2 is 1.95 bits per heavy atom. The van der Waals surface area contributed by atoms with E-state index in [1.165, 1.54) is 11.6 Å². The second-order valence-corrected chi connectivity index (χ2v) is 12.2. The van der Waals surface area contributed by atoms with Gasteiger partial charge in [0.15, 0.2) is 0 Å². The monoisotopic (exact) mass is 290 g/mol. The largest absolute Gasteiger partial charge is 0.374 e. The van der Waals surface area contributed by atoms with E-state index < -0.39 is 8.07 Å². The molecule has 2 rings (SSSR count). The predicted molar refractivity (Wildman–Crippen MR) is 86.7 cm³/mol. The topological polar surface area (TPSA) is 18.5 Å². The molecule has 0 amide bonds. The molecule has 1 atom stereocenters. The molecule has 1 aliphatic rings. The van der Waals surface area contributed by atoms with Crippen molar-refractivity contribution in [1.29, 1.82) is 0 Å². The zero-order chi connectivity index (χ0) is 14.4. The Labute approximate surface area is 123 Å². The summed E-state index contributed by atoms with van der Waals surface area (Å²) in [6.07, 6.45) is 3.54. The van der Waals surface area contributed by atoms with Crippen LogP contribution >= 0.6 is 0 Å². The summed E-state index contributed by atoms with van der Waals surface area (Å²) < 4.78 is 11.6. The van der Waals surface area contributed by atoms with Crippen LogP contribution in [0.25, 0.3) is 0 Å². The molecule has 20 heavy (non-hydrogen) atoms. The van der Waals surface area contributed by atoms with E-state index in [0.29, 0.717) is 13.2 Å². The molecule has 0 radical (unpaired) electrons. The van der Waals surface area contributed by atoms with Crippen LogP contribution in [0.4, 0.5) is 0 Å². The highest BCUT2D eigenvalue weighted by Crippen LogP contribution is 2.24. The molecule has 1 unspecified atom stereocenters. The van der Waals surface area contributed by atoms with E-state index in [-0.39, 0.29) is 6.10 Å². The second-order valence-electron chi connectivity index (χ2n) is 6.76. The molecule has 1 aromatic carbocycles. The first-order valence-corrected chi connectivity index (χ1v) is 11.1. The zero-order valence-corrected chi connectivity index (χ0v) is 13.9. The summed E-state index contributed by atoms with van der Waals surface area (Å²) in [6, 6.07) is 11.6. The van der Waals surface area contributed by atoms with Crippen LogP contribution in [0.15, 0.2) is 42.0 Å². The molecule has 0 N–H and O–H groups in total. The number of benzene rings is 1. The highest BCUT2D eigenvalue weighted by Gasteiger charge is 2.21. The average Bonchev–Trinajstić information content (AvgIpc) is 2.38. The first kappa shape index (κ1) is 15.5. The molecule has 0 aromatic heterocycles. The van der Waals surface area contributed by atoms with Crippen LogP contribution in [0.1, 0.15) is 12.0 Å². The Bertz CT molecular complexity index is 434. The van der Waals surface area contributed by atoms with Crippen molar-refractivity contribution in [3.63, 3.8) is 0 Å². The summed E-state index contributed by atoms with van der Waals surface area (Å²) in [4.78, 5) is 0. The Balaban J connectivity index is 1.73.